The summed E-state index contributed by atoms with van der Waals surface area (Å²) in [7, 11) is 0. The molecule has 0 N–H and O–H groups in total. The van der Waals surface area contributed by atoms with Crippen molar-refractivity contribution < 1.29 is 4.74 Å². The van der Waals surface area contributed by atoms with E-state index in [1.807, 2.05) is 24.3 Å². The standard InChI is InChI=1S/C19H14BrCl2NO2/c20-18-17(25-12-14-3-7-16(22)8-4-14)9-10-23(19(18)24)11-13-1-5-15(21)6-2-13/h1-10H,11-12H2. The van der Waals surface area contributed by atoms with Gasteiger partial charge in [-0.3, -0.25) is 4.79 Å². The summed E-state index contributed by atoms with van der Waals surface area (Å²) in [6, 6.07) is 16.6. The first kappa shape index (κ1) is 18.1. The Morgan fingerprint density at radius 2 is 1.44 bits per heavy atom. The highest BCUT2D eigenvalue weighted by Crippen LogP contribution is 2.22. The number of benzene rings is 2. The first-order valence-corrected chi connectivity index (χ1v) is 9.08. The Bertz CT molecular complexity index is 922. The topological polar surface area (TPSA) is 31.2 Å². The van der Waals surface area contributed by atoms with Crippen LogP contribution < -0.4 is 10.3 Å². The van der Waals surface area contributed by atoms with Gasteiger partial charge in [-0.25, -0.2) is 0 Å². The van der Waals surface area contributed by atoms with Gasteiger partial charge in [0, 0.05) is 16.2 Å². The molecule has 1 heterocycles. The summed E-state index contributed by atoms with van der Waals surface area (Å²) in [6.07, 6.45) is 1.72. The second-order valence-electron chi connectivity index (χ2n) is 5.47. The predicted molar refractivity (Wildman–Crippen MR) is 105 cm³/mol. The molecule has 0 saturated heterocycles. The third-order valence-corrected chi connectivity index (χ3v) is 4.88. The fraction of sp³-hybridized carbons (Fsp3) is 0.105. The summed E-state index contributed by atoms with van der Waals surface area (Å²) >= 11 is 15.1. The van der Waals surface area contributed by atoms with E-state index >= 15 is 0 Å². The Kier molecular flexibility index (Phi) is 5.84. The van der Waals surface area contributed by atoms with E-state index in [1.165, 1.54) is 0 Å². The van der Waals surface area contributed by atoms with E-state index in [-0.39, 0.29) is 5.56 Å². The number of nitrogens with zero attached hydrogens (tertiary/aromatic N) is 1. The van der Waals surface area contributed by atoms with E-state index in [9.17, 15) is 4.79 Å². The largest absolute Gasteiger partial charge is 0.487 e. The van der Waals surface area contributed by atoms with E-state index in [2.05, 4.69) is 15.9 Å². The SMILES string of the molecule is O=c1c(Br)c(OCc2ccc(Cl)cc2)ccn1Cc1ccc(Cl)cc1. The van der Waals surface area contributed by atoms with E-state index in [4.69, 9.17) is 27.9 Å². The van der Waals surface area contributed by atoms with Crippen molar-refractivity contribution in [2.75, 3.05) is 0 Å². The van der Waals surface area contributed by atoms with Gasteiger partial charge < -0.3 is 9.30 Å². The molecule has 2 aromatic carbocycles. The molecule has 0 bridgehead atoms. The molecule has 6 heteroatoms. The second kappa shape index (κ2) is 8.09. The Labute approximate surface area is 163 Å². The molecule has 0 atom stereocenters. The molecule has 0 unspecified atom stereocenters. The molecule has 0 aliphatic heterocycles. The van der Waals surface area contributed by atoms with Gasteiger partial charge in [-0.1, -0.05) is 47.5 Å². The molecule has 3 rings (SSSR count). The van der Waals surface area contributed by atoms with Crippen molar-refractivity contribution in [3.8, 4) is 5.75 Å². The monoisotopic (exact) mass is 437 g/mol. The molecule has 0 amide bonds. The molecular weight excluding hydrogens is 425 g/mol. The van der Waals surface area contributed by atoms with Gasteiger partial charge in [-0.15, -0.1) is 0 Å². The van der Waals surface area contributed by atoms with Crippen LogP contribution in [-0.4, -0.2) is 4.57 Å². The highest BCUT2D eigenvalue weighted by atomic mass is 79.9. The van der Waals surface area contributed by atoms with Crippen LogP contribution in [0.25, 0.3) is 0 Å². The van der Waals surface area contributed by atoms with Crippen molar-refractivity contribution >= 4 is 39.1 Å². The van der Waals surface area contributed by atoms with Gasteiger partial charge in [0.2, 0.25) is 0 Å². The van der Waals surface area contributed by atoms with Gasteiger partial charge in [0.1, 0.15) is 16.8 Å². The van der Waals surface area contributed by atoms with Crippen LogP contribution in [0.2, 0.25) is 10.0 Å². The number of halogens is 3. The minimum absolute atomic E-state index is 0.149. The maximum Gasteiger partial charge on any atom is 0.268 e. The van der Waals surface area contributed by atoms with Crippen LogP contribution in [0, 0.1) is 0 Å². The molecule has 128 valence electrons. The zero-order valence-electron chi connectivity index (χ0n) is 13.1. The molecule has 0 spiro atoms. The molecule has 0 aliphatic carbocycles. The number of hydrogen-bond acceptors (Lipinski definition) is 2. The van der Waals surface area contributed by atoms with E-state index in [0.717, 1.165) is 11.1 Å². The number of rotatable bonds is 5. The van der Waals surface area contributed by atoms with Crippen LogP contribution in [0.15, 0.2) is 70.1 Å². The third kappa shape index (κ3) is 4.66. The Balaban J connectivity index is 1.74. The van der Waals surface area contributed by atoms with Crippen molar-refractivity contribution in [2.24, 2.45) is 0 Å². The lowest BCUT2D eigenvalue weighted by Crippen LogP contribution is -2.21. The van der Waals surface area contributed by atoms with Crippen LogP contribution >= 0.6 is 39.1 Å². The number of aromatic nitrogens is 1. The predicted octanol–water partition coefficient (Wildman–Crippen LogP) is 5.54. The first-order valence-electron chi connectivity index (χ1n) is 7.53. The van der Waals surface area contributed by atoms with Crippen LogP contribution in [0.1, 0.15) is 11.1 Å². The molecule has 0 fully saturated rings. The number of ether oxygens (including phenoxy) is 1. The van der Waals surface area contributed by atoms with Gasteiger partial charge in [0.25, 0.3) is 5.56 Å². The van der Waals surface area contributed by atoms with Gasteiger partial charge >= 0.3 is 0 Å². The minimum atomic E-state index is -0.149. The quantitative estimate of drug-likeness (QED) is 0.523. The Morgan fingerprint density at radius 1 is 0.880 bits per heavy atom. The maximum atomic E-state index is 12.5. The number of pyridine rings is 1. The molecule has 25 heavy (non-hydrogen) atoms. The van der Waals surface area contributed by atoms with Crippen LogP contribution in [0.4, 0.5) is 0 Å². The van der Waals surface area contributed by atoms with E-state index < -0.39 is 0 Å². The molecule has 0 radical (unpaired) electrons. The molecule has 3 nitrogen and oxygen atoms in total. The zero-order valence-corrected chi connectivity index (χ0v) is 16.2. The van der Waals surface area contributed by atoms with Gasteiger partial charge in [-0.2, -0.15) is 0 Å². The fourth-order valence-electron chi connectivity index (χ4n) is 2.29. The summed E-state index contributed by atoms with van der Waals surface area (Å²) < 4.78 is 7.76. The minimum Gasteiger partial charge on any atom is -0.487 e. The summed E-state index contributed by atoms with van der Waals surface area (Å²) in [4.78, 5) is 12.5. The molecule has 0 aliphatic rings. The fourth-order valence-corrected chi connectivity index (χ4v) is 3.02. The lowest BCUT2D eigenvalue weighted by molar-refractivity contribution is 0.302. The van der Waals surface area contributed by atoms with Crippen LogP contribution in [-0.2, 0) is 13.2 Å². The van der Waals surface area contributed by atoms with E-state index in [1.54, 1.807) is 41.1 Å². The van der Waals surface area contributed by atoms with E-state index in [0.29, 0.717) is 33.4 Å². The van der Waals surface area contributed by atoms with Crippen LogP contribution in [0.3, 0.4) is 0 Å². The average molecular weight is 439 g/mol. The van der Waals surface area contributed by atoms with Crippen molar-refractivity contribution in [1.82, 2.24) is 4.57 Å². The van der Waals surface area contributed by atoms with Crippen molar-refractivity contribution in [3.63, 3.8) is 0 Å². The van der Waals surface area contributed by atoms with Crippen molar-refractivity contribution in [2.45, 2.75) is 13.2 Å². The summed E-state index contributed by atoms with van der Waals surface area (Å²) in [5, 5.41) is 1.35. The molecular formula is C19H14BrCl2NO2. The maximum absolute atomic E-state index is 12.5. The van der Waals surface area contributed by atoms with Crippen molar-refractivity contribution in [3.05, 3.63) is 96.8 Å². The van der Waals surface area contributed by atoms with Crippen molar-refractivity contribution in [1.29, 1.82) is 0 Å². The van der Waals surface area contributed by atoms with Gasteiger partial charge in [-0.05, 0) is 57.4 Å². The summed E-state index contributed by atoms with van der Waals surface area (Å²) in [5.41, 5.74) is 1.82. The number of hydrogen-bond donors (Lipinski definition) is 0. The Hall–Kier alpha value is -1.75. The highest BCUT2D eigenvalue weighted by Gasteiger charge is 2.09. The average Bonchev–Trinajstić information content (AvgIpc) is 2.61. The summed E-state index contributed by atoms with van der Waals surface area (Å²) in [6.45, 7) is 0.822. The van der Waals surface area contributed by atoms with Gasteiger partial charge in [0.15, 0.2) is 0 Å². The molecule has 1 aromatic heterocycles. The third-order valence-electron chi connectivity index (χ3n) is 3.64. The Morgan fingerprint density at radius 3 is 2.04 bits per heavy atom. The first-order chi connectivity index (χ1) is 12.0. The zero-order chi connectivity index (χ0) is 17.8. The van der Waals surface area contributed by atoms with Crippen LogP contribution in [0.5, 0.6) is 5.75 Å². The highest BCUT2D eigenvalue weighted by molar-refractivity contribution is 9.10. The van der Waals surface area contributed by atoms with Gasteiger partial charge in [0.05, 0.1) is 6.54 Å². The lowest BCUT2D eigenvalue weighted by Gasteiger charge is -2.11. The lowest BCUT2D eigenvalue weighted by atomic mass is 10.2. The normalized spacial score (nSPS) is 10.7. The molecule has 3 aromatic rings. The summed E-state index contributed by atoms with van der Waals surface area (Å²) in [5.74, 6) is 0.507. The molecule has 0 saturated carbocycles. The second-order valence-corrected chi connectivity index (χ2v) is 7.13. The smallest absolute Gasteiger partial charge is 0.268 e.